The SMILES string of the molecule is CC(C#N)=NC(C)C#N. The van der Waals surface area contributed by atoms with Gasteiger partial charge in [0.25, 0.3) is 0 Å². The molecule has 0 N–H and O–H groups in total. The molecule has 0 bridgehead atoms. The number of aliphatic imine (C=N–C) groups is 1. The molecule has 0 aliphatic carbocycles. The minimum Gasteiger partial charge on any atom is -0.261 e. The fourth-order valence-electron chi connectivity index (χ4n) is 0.348. The van der Waals surface area contributed by atoms with Gasteiger partial charge in [-0.05, 0) is 13.8 Å². The van der Waals surface area contributed by atoms with Crippen molar-refractivity contribution < 1.29 is 0 Å². The minimum absolute atomic E-state index is 0.351. The third-order valence-corrected chi connectivity index (χ3v) is 0.736. The lowest BCUT2D eigenvalue weighted by Crippen LogP contribution is -1.96. The van der Waals surface area contributed by atoms with E-state index in [0.717, 1.165) is 0 Å². The summed E-state index contributed by atoms with van der Waals surface area (Å²) < 4.78 is 0. The normalized spacial score (nSPS) is 13.6. The summed E-state index contributed by atoms with van der Waals surface area (Å²) in [5, 5.41) is 16.4. The summed E-state index contributed by atoms with van der Waals surface area (Å²) in [5.74, 6) is 0. The van der Waals surface area contributed by atoms with E-state index in [1.165, 1.54) is 0 Å². The first-order valence-electron chi connectivity index (χ1n) is 2.55. The Hall–Kier alpha value is -1.35. The molecule has 0 aliphatic rings. The van der Waals surface area contributed by atoms with Crippen LogP contribution in [-0.4, -0.2) is 11.8 Å². The third-order valence-electron chi connectivity index (χ3n) is 0.736. The minimum atomic E-state index is -0.398. The van der Waals surface area contributed by atoms with Crippen LogP contribution in [0.2, 0.25) is 0 Å². The van der Waals surface area contributed by atoms with Crippen LogP contribution in [-0.2, 0) is 0 Å². The van der Waals surface area contributed by atoms with Crippen molar-refractivity contribution >= 4 is 5.71 Å². The van der Waals surface area contributed by atoms with Crippen molar-refractivity contribution in [2.75, 3.05) is 0 Å². The summed E-state index contributed by atoms with van der Waals surface area (Å²) in [6.45, 7) is 3.22. The molecule has 0 amide bonds. The van der Waals surface area contributed by atoms with E-state index in [4.69, 9.17) is 10.5 Å². The largest absolute Gasteiger partial charge is 0.261 e. The van der Waals surface area contributed by atoms with E-state index in [1.54, 1.807) is 13.8 Å². The lowest BCUT2D eigenvalue weighted by Gasteiger charge is -1.89. The van der Waals surface area contributed by atoms with Crippen LogP contribution >= 0.6 is 0 Å². The van der Waals surface area contributed by atoms with Crippen LogP contribution in [0.3, 0.4) is 0 Å². The van der Waals surface area contributed by atoms with Gasteiger partial charge in [-0.3, -0.25) is 4.99 Å². The van der Waals surface area contributed by atoms with E-state index in [-0.39, 0.29) is 0 Å². The molecule has 46 valence electrons. The number of hydrogen-bond donors (Lipinski definition) is 0. The summed E-state index contributed by atoms with van der Waals surface area (Å²) in [4.78, 5) is 3.71. The third kappa shape index (κ3) is 3.25. The van der Waals surface area contributed by atoms with Gasteiger partial charge in [-0.25, -0.2) is 0 Å². The second-order valence-corrected chi connectivity index (χ2v) is 1.63. The molecule has 0 aromatic heterocycles. The number of nitriles is 2. The van der Waals surface area contributed by atoms with E-state index in [2.05, 4.69) is 4.99 Å². The molecule has 0 aliphatic heterocycles. The molecular weight excluding hydrogens is 114 g/mol. The number of rotatable bonds is 1. The van der Waals surface area contributed by atoms with Crippen molar-refractivity contribution in [2.45, 2.75) is 19.9 Å². The van der Waals surface area contributed by atoms with Gasteiger partial charge in [0.15, 0.2) is 0 Å². The van der Waals surface area contributed by atoms with E-state index in [9.17, 15) is 0 Å². The smallest absolute Gasteiger partial charge is 0.134 e. The summed E-state index contributed by atoms with van der Waals surface area (Å²) in [6.07, 6.45) is 0. The fraction of sp³-hybridized carbons (Fsp3) is 0.500. The fourth-order valence-corrected chi connectivity index (χ4v) is 0.348. The Morgan fingerprint density at radius 3 is 2.44 bits per heavy atom. The lowest BCUT2D eigenvalue weighted by atomic mass is 10.4. The first-order chi connectivity index (χ1) is 4.20. The van der Waals surface area contributed by atoms with Gasteiger partial charge in [-0.15, -0.1) is 0 Å². The van der Waals surface area contributed by atoms with Crippen molar-refractivity contribution in [1.29, 1.82) is 10.5 Å². The molecule has 0 radical (unpaired) electrons. The summed E-state index contributed by atoms with van der Waals surface area (Å²) in [6, 6.07) is 3.32. The van der Waals surface area contributed by atoms with E-state index in [1.807, 2.05) is 12.1 Å². The zero-order valence-corrected chi connectivity index (χ0v) is 5.42. The molecule has 0 spiro atoms. The average Bonchev–Trinajstić information content (AvgIpc) is 1.87. The van der Waals surface area contributed by atoms with Gasteiger partial charge in [0.2, 0.25) is 0 Å². The predicted octanol–water partition coefficient (Wildman–Crippen LogP) is 0.883. The van der Waals surface area contributed by atoms with Crippen molar-refractivity contribution in [3.05, 3.63) is 0 Å². The highest BCUT2D eigenvalue weighted by Crippen LogP contribution is 1.86. The topological polar surface area (TPSA) is 59.9 Å². The molecule has 0 heterocycles. The molecule has 0 rings (SSSR count). The zero-order chi connectivity index (χ0) is 7.28. The van der Waals surface area contributed by atoms with Crippen molar-refractivity contribution in [3.63, 3.8) is 0 Å². The van der Waals surface area contributed by atoms with Gasteiger partial charge in [-0.2, -0.15) is 10.5 Å². The Labute approximate surface area is 54.2 Å². The molecule has 1 unspecified atom stereocenters. The van der Waals surface area contributed by atoms with Crippen LogP contribution in [0, 0.1) is 22.7 Å². The predicted molar refractivity (Wildman–Crippen MR) is 33.8 cm³/mol. The molecular formula is C6H7N3. The molecule has 0 saturated heterocycles. The van der Waals surface area contributed by atoms with Crippen LogP contribution in [0.4, 0.5) is 0 Å². The maximum Gasteiger partial charge on any atom is 0.134 e. The standard InChI is InChI=1S/C6H7N3/c1-5(3-7)9-6(2)4-8/h5H,1-2H3. The number of hydrogen-bond acceptors (Lipinski definition) is 3. The second kappa shape index (κ2) is 3.63. The van der Waals surface area contributed by atoms with Crippen LogP contribution in [0.15, 0.2) is 4.99 Å². The van der Waals surface area contributed by atoms with Gasteiger partial charge in [0, 0.05) is 0 Å². The van der Waals surface area contributed by atoms with E-state index >= 15 is 0 Å². The van der Waals surface area contributed by atoms with Crippen LogP contribution in [0.25, 0.3) is 0 Å². The molecule has 3 heteroatoms. The Balaban J connectivity index is 4.03. The van der Waals surface area contributed by atoms with Crippen molar-refractivity contribution in [2.24, 2.45) is 4.99 Å². The highest BCUT2D eigenvalue weighted by molar-refractivity contribution is 5.96. The van der Waals surface area contributed by atoms with Gasteiger partial charge in [0.05, 0.1) is 6.07 Å². The zero-order valence-electron chi connectivity index (χ0n) is 5.42. The van der Waals surface area contributed by atoms with Gasteiger partial charge in [0.1, 0.15) is 17.8 Å². The summed E-state index contributed by atoms with van der Waals surface area (Å²) >= 11 is 0. The molecule has 3 nitrogen and oxygen atoms in total. The van der Waals surface area contributed by atoms with Gasteiger partial charge < -0.3 is 0 Å². The highest BCUT2D eigenvalue weighted by Gasteiger charge is 1.93. The maximum atomic E-state index is 8.21. The van der Waals surface area contributed by atoms with E-state index in [0.29, 0.717) is 5.71 Å². The Morgan fingerprint density at radius 2 is 2.11 bits per heavy atom. The second-order valence-electron chi connectivity index (χ2n) is 1.63. The molecule has 1 atom stereocenters. The molecule has 0 aromatic carbocycles. The lowest BCUT2D eigenvalue weighted by molar-refractivity contribution is 0.941. The first-order valence-corrected chi connectivity index (χ1v) is 2.55. The van der Waals surface area contributed by atoms with Crippen LogP contribution in [0.1, 0.15) is 13.8 Å². The summed E-state index contributed by atoms with van der Waals surface area (Å²) in [7, 11) is 0. The monoisotopic (exact) mass is 121 g/mol. The summed E-state index contributed by atoms with van der Waals surface area (Å²) in [5.41, 5.74) is 0.351. The first kappa shape index (κ1) is 7.65. The van der Waals surface area contributed by atoms with Crippen LogP contribution < -0.4 is 0 Å². The molecule has 0 fully saturated rings. The average molecular weight is 121 g/mol. The highest BCUT2D eigenvalue weighted by atomic mass is 14.8. The molecule has 9 heavy (non-hydrogen) atoms. The molecule has 0 saturated carbocycles. The Kier molecular flexibility index (Phi) is 3.08. The van der Waals surface area contributed by atoms with Crippen molar-refractivity contribution in [1.82, 2.24) is 0 Å². The quantitative estimate of drug-likeness (QED) is 0.483. The number of nitrogens with zero attached hydrogens (tertiary/aromatic N) is 3. The molecule has 0 aromatic rings. The Bertz CT molecular complexity index is 191. The van der Waals surface area contributed by atoms with E-state index < -0.39 is 6.04 Å². The Morgan fingerprint density at radius 1 is 1.56 bits per heavy atom. The maximum absolute atomic E-state index is 8.21. The van der Waals surface area contributed by atoms with Crippen LogP contribution in [0.5, 0.6) is 0 Å². The van der Waals surface area contributed by atoms with Crippen molar-refractivity contribution in [3.8, 4) is 12.1 Å². The van der Waals surface area contributed by atoms with Gasteiger partial charge >= 0.3 is 0 Å². The van der Waals surface area contributed by atoms with Gasteiger partial charge in [-0.1, -0.05) is 0 Å².